The van der Waals surface area contributed by atoms with E-state index in [0.29, 0.717) is 12.8 Å². The van der Waals surface area contributed by atoms with Crippen LogP contribution >= 0.6 is 0 Å². The Labute approximate surface area is 693 Å². The van der Waals surface area contributed by atoms with Gasteiger partial charge in [0.15, 0.2) is 18.3 Å². The van der Waals surface area contributed by atoms with Crippen LogP contribution in [0.5, 0.6) is 0 Å². The van der Waals surface area contributed by atoms with Gasteiger partial charge in [-0.2, -0.15) is 5.26 Å². The molecule has 39 nitrogen and oxygen atoms in total. The van der Waals surface area contributed by atoms with E-state index in [1.54, 1.807) is 64.0 Å². The summed E-state index contributed by atoms with van der Waals surface area (Å²) in [6.07, 6.45) is 3.91. The molecule has 0 aromatic heterocycles. The Morgan fingerprint density at radius 1 is 0.356 bits per heavy atom. The summed E-state index contributed by atoms with van der Waals surface area (Å²) in [7, 11) is 8.05. The molecule has 0 aliphatic rings. The van der Waals surface area contributed by atoms with Gasteiger partial charge in [0, 0.05) is 141 Å². The van der Waals surface area contributed by atoms with Gasteiger partial charge in [0.25, 0.3) is 12.2 Å². The lowest BCUT2D eigenvalue weighted by molar-refractivity contribution is -0.162. The van der Waals surface area contributed by atoms with E-state index < -0.39 is 185 Å². The largest absolute Gasteiger partial charge is 0.500 e. The molecule has 0 aromatic rings. The molecule has 0 unspecified atom stereocenters. The number of nitriles is 1. The minimum atomic E-state index is -2.22. The molecule has 0 spiro atoms. The number of nitrogens with one attached hydrogen (secondary N) is 1. The van der Waals surface area contributed by atoms with E-state index in [0.717, 1.165) is 49.5 Å². The number of esters is 11. The van der Waals surface area contributed by atoms with Gasteiger partial charge in [-0.25, -0.2) is 62.3 Å². The number of hydrogen-bond donors (Lipinski definition) is 3. The van der Waals surface area contributed by atoms with Crippen molar-refractivity contribution in [2.24, 2.45) is 0 Å². The second-order valence-corrected chi connectivity index (χ2v) is 32.5. The maximum Gasteiger partial charge on any atom is 0.500 e. The number of carboxylic acid groups (broad SMARTS) is 2. The third-order valence-electron chi connectivity index (χ3n) is 13.2. The van der Waals surface area contributed by atoms with Crippen molar-refractivity contribution in [3.8, 4) is 6.26 Å². The monoisotopic (exact) mass is 1740 g/mol. The van der Waals surface area contributed by atoms with Crippen LogP contribution in [0.15, 0.2) is 135 Å². The molecule has 1 amide bonds. The second-order valence-electron chi connectivity index (χ2n) is 23.2. The molecule has 0 atom stereocenters. The molecular weight excluding hydrogens is 1620 g/mol. The second kappa shape index (κ2) is 71.6. The van der Waals surface area contributed by atoms with E-state index in [4.69, 9.17) is 103 Å². The fourth-order valence-electron chi connectivity index (χ4n) is 6.64. The van der Waals surface area contributed by atoms with Crippen molar-refractivity contribution in [1.29, 1.82) is 5.26 Å². The van der Waals surface area contributed by atoms with Gasteiger partial charge in [0.1, 0.15) is 63.0 Å². The van der Waals surface area contributed by atoms with Crippen LogP contribution in [0.25, 0.3) is 0 Å². The highest BCUT2D eigenvalue weighted by molar-refractivity contribution is 6.61. The van der Waals surface area contributed by atoms with Crippen molar-refractivity contribution < 1.29 is 174 Å². The molecule has 3 N–H and O–H groups in total. The van der Waals surface area contributed by atoms with Gasteiger partial charge < -0.3 is 112 Å². The fourth-order valence-corrected chi connectivity index (χ4v) is 11.8. The number of hydrogen-bond acceptors (Lipinski definition) is 36. The van der Waals surface area contributed by atoms with Crippen LogP contribution < -0.4 is 5.32 Å². The first-order valence-electron chi connectivity index (χ1n) is 35.1. The summed E-state index contributed by atoms with van der Waals surface area (Å²) in [6, 6.07) is 2.66. The van der Waals surface area contributed by atoms with Crippen LogP contribution in [0, 0.1) is 11.5 Å². The third kappa shape index (κ3) is 60.8. The SMILES string of the molecule is C=C(C)C(=O)OCC(COC(=O)C(=C)C)OC(=O)C(=C)C(=O)O.C=C(C)C(=O)OCC(COC(=O)C(=C)C)OC(=O)C(=C)C(=O)O.C=CC(=O)OCCCNC(=O)C(=C)C(=O)OC(COC(=O)C(=C)C)COC(=O)C(=C)C.C=CC(=O)OCCCOC#N.CCC[Si](OC)(OC)OC.CCC[Si](OC)(OC)OC.CCC[Si](OC)(OC)OC. The van der Waals surface area contributed by atoms with Gasteiger partial charge in [0.2, 0.25) is 0 Å². The number of rotatable bonds is 52. The van der Waals surface area contributed by atoms with E-state index in [9.17, 15) is 67.1 Å². The average Bonchev–Trinajstić information content (AvgIpc) is 0.930. The van der Waals surface area contributed by atoms with Crippen molar-refractivity contribution in [3.63, 3.8) is 0 Å². The standard InChI is InChI=1S/C21H27NO9.2C15H18O8.C7H9NO3.3C6H16O3Si/c1-7-17(23)28-10-8-9-22-18(24)15(6)21(27)31-16(11-29-19(25)13(2)3)12-30-20(26)14(4)5;2*1-8(2)13(18)21-6-11(7-22-14(19)9(3)4)23-15(20)10(5)12(16)17;1-2-7(9)11-5-3-4-10-6-8;3*1-5-6-10(7-2,8-3)9-4/h7,16H,1-2,4,6,8-12H2,3,5H3,(H,22,24);2*11H,1,3,5-7H2,2,4H3,(H,16,17);2H,1,3-5H2;3*5-6H2,1-4H3. The zero-order chi connectivity index (χ0) is 92.9. The molecule has 0 aromatic carbocycles. The normalized spacial score (nSPS) is 10.1. The Balaban J connectivity index is -0.000000256. The van der Waals surface area contributed by atoms with Crippen LogP contribution in [0.2, 0.25) is 18.1 Å². The van der Waals surface area contributed by atoms with Crippen LogP contribution in [0.4, 0.5) is 0 Å². The molecule has 0 heterocycles. The molecule has 0 radical (unpaired) electrons. The van der Waals surface area contributed by atoms with Crippen molar-refractivity contribution in [3.05, 3.63) is 135 Å². The van der Waals surface area contributed by atoms with E-state index in [1.807, 2.05) is 0 Å². The first-order valence-corrected chi connectivity index (χ1v) is 40.9. The van der Waals surface area contributed by atoms with E-state index in [-0.39, 0.29) is 59.8 Å². The Hall–Kier alpha value is -10.7. The Kier molecular flexibility index (Phi) is 73.1. The highest BCUT2D eigenvalue weighted by atomic mass is 28.4. The number of carbonyl (C=O) groups excluding carboxylic acids is 12. The molecule has 0 rings (SSSR count). The van der Waals surface area contributed by atoms with E-state index in [2.05, 4.69) is 108 Å². The lowest BCUT2D eigenvalue weighted by Gasteiger charge is -2.23. The molecule has 0 fully saturated rings. The summed E-state index contributed by atoms with van der Waals surface area (Å²) in [5.74, 6) is -13.0. The first-order chi connectivity index (χ1) is 55.1. The van der Waals surface area contributed by atoms with Crippen molar-refractivity contribution in [2.45, 2.75) is 131 Å². The van der Waals surface area contributed by atoms with E-state index >= 15 is 0 Å². The van der Waals surface area contributed by atoms with Crippen LogP contribution in [0.3, 0.4) is 0 Å². The number of amides is 1. The number of nitrogens with zero attached hydrogens (tertiary/aromatic N) is 1. The quantitative estimate of drug-likeness (QED) is 0.00813. The predicted octanol–water partition coefficient (Wildman–Crippen LogP) is 6.91. The summed E-state index contributed by atoms with van der Waals surface area (Å²) >= 11 is 0. The summed E-state index contributed by atoms with van der Waals surface area (Å²) in [4.78, 5) is 158. The number of carboxylic acids is 2. The van der Waals surface area contributed by atoms with Crippen molar-refractivity contribution >= 4 is 110 Å². The Bertz CT molecular complexity index is 3120. The molecular formula is C76H120N2O37Si3. The number of carbonyl (C=O) groups is 14. The smallest absolute Gasteiger partial charge is 0.477 e. The number of aliphatic carboxylic acids is 2. The molecule has 0 aliphatic heterocycles. The van der Waals surface area contributed by atoms with Gasteiger partial charge >= 0.3 is 104 Å². The maximum absolute atomic E-state index is 12.2. The highest BCUT2D eigenvalue weighted by Gasteiger charge is 2.38. The van der Waals surface area contributed by atoms with Gasteiger partial charge in [-0.05, 0) is 48.0 Å². The molecule has 0 bridgehead atoms. The lowest BCUT2D eigenvalue weighted by atomic mass is 10.2. The molecule has 0 saturated heterocycles. The molecule has 0 aliphatic carbocycles. The zero-order valence-corrected chi connectivity index (χ0v) is 74.0. The number of ether oxygens (including phenoxy) is 12. The van der Waals surface area contributed by atoms with Gasteiger partial charge in [-0.1, -0.05) is 112 Å². The molecule has 668 valence electrons. The average molecular weight is 1740 g/mol. The highest BCUT2D eigenvalue weighted by Crippen LogP contribution is 2.17. The van der Waals surface area contributed by atoms with Crippen LogP contribution in [0.1, 0.15) is 94.4 Å². The predicted molar refractivity (Wildman–Crippen MR) is 429 cm³/mol. The van der Waals surface area contributed by atoms with Crippen molar-refractivity contribution in [2.75, 3.05) is 130 Å². The third-order valence-corrected chi connectivity index (χ3v) is 22.1. The Morgan fingerprint density at radius 2 is 0.576 bits per heavy atom. The summed E-state index contributed by atoms with van der Waals surface area (Å²) in [6.45, 7) is 49.0. The lowest BCUT2D eigenvalue weighted by Crippen LogP contribution is -2.42. The summed E-state index contributed by atoms with van der Waals surface area (Å²) in [5, 5.41) is 27.6. The molecule has 118 heavy (non-hydrogen) atoms. The van der Waals surface area contributed by atoms with Crippen molar-refractivity contribution in [1.82, 2.24) is 5.32 Å². The van der Waals surface area contributed by atoms with Gasteiger partial charge in [-0.15, -0.1) is 0 Å². The minimum absolute atomic E-state index is 0.0479. The zero-order valence-electron chi connectivity index (χ0n) is 71.0. The van der Waals surface area contributed by atoms with Crippen LogP contribution in [-0.4, -0.2) is 268 Å². The Morgan fingerprint density at radius 3 is 0.754 bits per heavy atom. The summed E-state index contributed by atoms with van der Waals surface area (Å²) in [5.41, 5.74) is -1.45. The summed E-state index contributed by atoms with van der Waals surface area (Å²) < 4.78 is 104. The fraction of sp³-hybridized carbons (Fsp3) is 0.513. The van der Waals surface area contributed by atoms with Crippen LogP contribution in [-0.2, 0) is 164 Å². The van der Waals surface area contributed by atoms with Gasteiger partial charge in [0.05, 0.1) is 13.2 Å². The maximum atomic E-state index is 12.2. The minimum Gasteiger partial charge on any atom is -0.477 e. The van der Waals surface area contributed by atoms with Gasteiger partial charge in [-0.3, -0.25) is 4.79 Å². The van der Waals surface area contributed by atoms with E-state index in [1.165, 1.54) is 47.8 Å². The topological polar surface area (TPSA) is 509 Å². The molecule has 42 heteroatoms. The first kappa shape index (κ1) is 121. The molecule has 0 saturated carbocycles.